The highest BCUT2D eigenvalue weighted by atomic mass is 32.3. The van der Waals surface area contributed by atoms with Crippen molar-refractivity contribution in [3.8, 4) is 0 Å². The smallest absolute Gasteiger partial charge is 0.248 e. The van der Waals surface area contributed by atoms with Crippen LogP contribution < -0.4 is 0 Å². The van der Waals surface area contributed by atoms with E-state index in [-0.39, 0.29) is 12.1 Å². The summed E-state index contributed by atoms with van der Waals surface area (Å²) in [5.41, 5.74) is 0. The number of amidine groups is 1. The van der Waals surface area contributed by atoms with E-state index in [4.69, 9.17) is 12.2 Å². The number of sulfonamides is 1. The highest BCUT2D eigenvalue weighted by molar-refractivity contribution is 8.26. The summed E-state index contributed by atoms with van der Waals surface area (Å²) in [6.07, 6.45) is 0. The normalized spacial score (nSPS) is 24.5. The topological polar surface area (TPSA) is 53.0 Å². The fourth-order valence-electron chi connectivity index (χ4n) is 1.89. The van der Waals surface area contributed by atoms with Crippen molar-refractivity contribution in [2.45, 2.75) is 51.3 Å². The quantitative estimate of drug-likeness (QED) is 0.729. The van der Waals surface area contributed by atoms with Crippen LogP contribution in [0.1, 0.15) is 34.6 Å². The Labute approximate surface area is 125 Å². The first-order valence-electron chi connectivity index (χ1n) is 6.14. The number of thioether (sulfide) groups is 1. The summed E-state index contributed by atoms with van der Waals surface area (Å²) in [6.45, 7) is 9.81. The van der Waals surface area contributed by atoms with E-state index >= 15 is 0 Å². The van der Waals surface area contributed by atoms with E-state index in [2.05, 4.69) is 4.99 Å². The summed E-state index contributed by atoms with van der Waals surface area (Å²) in [5.74, 6) is 0. The van der Waals surface area contributed by atoms with Gasteiger partial charge in [0.15, 0.2) is 10.3 Å². The van der Waals surface area contributed by atoms with E-state index in [9.17, 15) is 8.42 Å². The monoisotopic (exact) mass is 323 g/mol. The lowest BCUT2D eigenvalue weighted by Crippen LogP contribution is -2.41. The molecule has 5 nitrogen and oxygen atoms in total. The van der Waals surface area contributed by atoms with Crippen molar-refractivity contribution in [2.75, 3.05) is 7.05 Å². The molecule has 0 spiro atoms. The Morgan fingerprint density at radius 1 is 1.37 bits per heavy atom. The number of thiocarbonyl (C=S) groups is 1. The van der Waals surface area contributed by atoms with E-state index in [1.807, 2.05) is 32.6 Å². The minimum absolute atomic E-state index is 0.225. The van der Waals surface area contributed by atoms with Gasteiger partial charge < -0.3 is 4.90 Å². The second kappa shape index (κ2) is 5.97. The van der Waals surface area contributed by atoms with Crippen molar-refractivity contribution in [3.63, 3.8) is 0 Å². The largest absolute Gasteiger partial charge is 0.343 e. The molecular weight excluding hydrogens is 302 g/mol. The van der Waals surface area contributed by atoms with Crippen LogP contribution in [0, 0.1) is 0 Å². The van der Waals surface area contributed by atoms with Crippen LogP contribution in [-0.2, 0) is 10.0 Å². The molecule has 0 bridgehead atoms. The highest BCUT2D eigenvalue weighted by Crippen LogP contribution is 2.31. The average molecular weight is 324 g/mol. The van der Waals surface area contributed by atoms with Gasteiger partial charge in [0.1, 0.15) is 4.58 Å². The number of aliphatic imine (C=N–C) groups is 1. The fraction of sp³-hybridized carbons (Fsp3) is 0.818. The molecule has 0 amide bonds. The zero-order valence-electron chi connectivity index (χ0n) is 12.1. The Bertz CT molecular complexity index is 477. The van der Waals surface area contributed by atoms with Crippen molar-refractivity contribution in [3.05, 3.63) is 0 Å². The Hall–Kier alpha value is -0.340. The molecule has 0 aliphatic carbocycles. The molecule has 0 unspecified atom stereocenters. The Morgan fingerprint density at radius 2 is 1.84 bits per heavy atom. The second-order valence-corrected chi connectivity index (χ2v) is 9.23. The van der Waals surface area contributed by atoms with Gasteiger partial charge >= 0.3 is 0 Å². The predicted octanol–water partition coefficient (Wildman–Crippen LogP) is 2.10. The molecule has 0 radical (unpaired) electrons. The molecule has 0 aromatic rings. The molecule has 1 atom stereocenters. The summed E-state index contributed by atoms with van der Waals surface area (Å²) in [5, 5.41) is 0.882. The van der Waals surface area contributed by atoms with Crippen molar-refractivity contribution < 1.29 is 8.42 Å². The molecule has 110 valence electrons. The number of nitrogens with zero attached hydrogens (tertiary/aromatic N) is 3. The summed E-state index contributed by atoms with van der Waals surface area (Å²) in [7, 11) is -1.76. The Kier molecular flexibility index (Phi) is 5.25. The molecular formula is C11H21N3O2S3. The van der Waals surface area contributed by atoms with E-state index in [1.165, 1.54) is 23.1 Å². The van der Waals surface area contributed by atoms with Crippen molar-refractivity contribution in [2.24, 2.45) is 4.99 Å². The van der Waals surface area contributed by atoms with Crippen molar-refractivity contribution in [1.29, 1.82) is 0 Å². The molecule has 1 saturated heterocycles. The number of hydrogen-bond acceptors (Lipinski definition) is 4. The highest BCUT2D eigenvalue weighted by Gasteiger charge is 2.39. The molecule has 8 heteroatoms. The van der Waals surface area contributed by atoms with Gasteiger partial charge in [-0.15, -0.1) is 0 Å². The zero-order chi connectivity index (χ0) is 15.0. The SMILES string of the molecule is CC(C)N(C(=S)N=C1S[C@H](C)S(=O)(=O)N1C)C(C)C. The molecule has 0 N–H and O–H groups in total. The molecule has 1 heterocycles. The predicted molar refractivity (Wildman–Crippen MR) is 85.9 cm³/mol. The van der Waals surface area contributed by atoms with Crippen LogP contribution in [0.5, 0.6) is 0 Å². The van der Waals surface area contributed by atoms with Gasteiger partial charge in [-0.1, -0.05) is 11.8 Å². The molecule has 1 aliphatic rings. The lowest BCUT2D eigenvalue weighted by atomic mass is 10.2. The summed E-state index contributed by atoms with van der Waals surface area (Å²) in [6, 6.07) is 0.449. The average Bonchev–Trinajstić information content (AvgIpc) is 2.41. The standard InChI is InChI=1S/C11H21N3O2S3/c1-7(2)14(8(3)4)10(17)12-11-13(6)19(15,16)9(5)18-11/h7-9H,1-6H3/t9-/m0/s1. The van der Waals surface area contributed by atoms with Crippen LogP contribution in [0.25, 0.3) is 0 Å². The summed E-state index contributed by atoms with van der Waals surface area (Å²) >= 11 is 6.56. The third-order valence-electron chi connectivity index (χ3n) is 2.87. The maximum absolute atomic E-state index is 11.9. The van der Waals surface area contributed by atoms with Crippen LogP contribution in [0.3, 0.4) is 0 Å². The van der Waals surface area contributed by atoms with Crippen LogP contribution in [-0.4, -0.2) is 51.6 Å². The van der Waals surface area contributed by atoms with Crippen LogP contribution >= 0.6 is 24.0 Å². The first-order chi connectivity index (χ1) is 8.59. The van der Waals surface area contributed by atoms with Crippen LogP contribution in [0.2, 0.25) is 0 Å². The van der Waals surface area contributed by atoms with E-state index < -0.39 is 14.6 Å². The molecule has 1 aliphatic heterocycles. The van der Waals surface area contributed by atoms with Crippen LogP contribution in [0.15, 0.2) is 4.99 Å². The van der Waals surface area contributed by atoms with Gasteiger partial charge in [0.2, 0.25) is 10.0 Å². The number of rotatable bonds is 2. The molecule has 19 heavy (non-hydrogen) atoms. The van der Waals surface area contributed by atoms with Gasteiger partial charge in [-0.3, -0.25) is 4.31 Å². The van der Waals surface area contributed by atoms with E-state index in [0.29, 0.717) is 10.3 Å². The van der Waals surface area contributed by atoms with Crippen molar-refractivity contribution >= 4 is 44.3 Å². The van der Waals surface area contributed by atoms with Crippen LogP contribution in [0.4, 0.5) is 0 Å². The third kappa shape index (κ3) is 3.41. The van der Waals surface area contributed by atoms with Crippen molar-refractivity contribution in [1.82, 2.24) is 9.21 Å². The minimum Gasteiger partial charge on any atom is -0.343 e. The third-order valence-corrected chi connectivity index (χ3v) is 6.99. The van der Waals surface area contributed by atoms with Gasteiger partial charge in [-0.2, -0.15) is 4.99 Å². The maximum atomic E-state index is 11.9. The van der Waals surface area contributed by atoms with Gasteiger partial charge in [-0.25, -0.2) is 8.42 Å². The lowest BCUT2D eigenvalue weighted by Gasteiger charge is -2.31. The fourth-order valence-corrected chi connectivity index (χ4v) is 5.32. The van der Waals surface area contributed by atoms with Gasteiger partial charge in [0, 0.05) is 19.1 Å². The minimum atomic E-state index is -3.28. The molecule has 0 aromatic carbocycles. The van der Waals surface area contributed by atoms with Gasteiger partial charge in [0.25, 0.3) is 0 Å². The Morgan fingerprint density at radius 3 is 2.16 bits per heavy atom. The number of hydrogen-bond donors (Lipinski definition) is 0. The first kappa shape index (κ1) is 16.7. The van der Waals surface area contributed by atoms with E-state index in [0.717, 1.165) is 0 Å². The zero-order valence-corrected chi connectivity index (χ0v) is 14.6. The molecule has 1 fully saturated rings. The van der Waals surface area contributed by atoms with E-state index in [1.54, 1.807) is 6.92 Å². The van der Waals surface area contributed by atoms with Gasteiger partial charge in [-0.05, 0) is 46.8 Å². The summed E-state index contributed by atoms with van der Waals surface area (Å²) < 4.78 is 24.5. The summed E-state index contributed by atoms with van der Waals surface area (Å²) in [4.78, 5) is 6.32. The van der Waals surface area contributed by atoms with Gasteiger partial charge in [0.05, 0.1) is 0 Å². The lowest BCUT2D eigenvalue weighted by molar-refractivity contribution is 0.294. The maximum Gasteiger partial charge on any atom is 0.248 e. The first-order valence-corrected chi connectivity index (χ1v) is 8.93. The Balaban J connectivity index is 3.01. The molecule has 1 rings (SSSR count). The molecule has 0 aromatic heterocycles. The second-order valence-electron chi connectivity index (χ2n) is 4.97. The molecule has 0 saturated carbocycles.